The van der Waals surface area contributed by atoms with Crippen molar-refractivity contribution in [3.05, 3.63) is 53.9 Å². The number of carbonyl (C=O) groups excluding carboxylic acids is 1. The molecule has 3 saturated carbocycles. The molecule has 7 atom stereocenters. The molecule has 0 aromatic carbocycles. The fourth-order valence-corrected chi connectivity index (χ4v) is 9.18. The zero-order valence-electron chi connectivity index (χ0n) is 21.8. The summed E-state index contributed by atoms with van der Waals surface area (Å²) in [7, 11) is 0. The summed E-state index contributed by atoms with van der Waals surface area (Å²) in [6.45, 7) is 12.5. The highest BCUT2D eigenvalue weighted by Gasteiger charge is 2.76. The van der Waals surface area contributed by atoms with Crippen molar-refractivity contribution in [2.75, 3.05) is 0 Å². The van der Waals surface area contributed by atoms with Crippen molar-refractivity contribution in [2.24, 2.45) is 33.3 Å². The smallest absolute Gasteiger partial charge is 0.218 e. The molecule has 5 unspecified atom stereocenters. The summed E-state index contributed by atoms with van der Waals surface area (Å²) in [5.41, 5.74) is 6.53. The van der Waals surface area contributed by atoms with Crippen LogP contribution < -0.4 is 5.73 Å². The highest BCUT2D eigenvalue weighted by atomic mass is 32.1. The molecule has 5 rings (SSSR count). The van der Waals surface area contributed by atoms with E-state index in [-0.39, 0.29) is 16.7 Å². The van der Waals surface area contributed by atoms with E-state index in [1.807, 2.05) is 31.3 Å². The minimum atomic E-state index is -1.52. The lowest BCUT2D eigenvalue weighted by Gasteiger charge is -2.69. The summed E-state index contributed by atoms with van der Waals surface area (Å²) < 4.78 is 1.79. The van der Waals surface area contributed by atoms with Crippen molar-refractivity contribution in [1.29, 1.82) is 0 Å². The zero-order valence-corrected chi connectivity index (χ0v) is 22.7. The summed E-state index contributed by atoms with van der Waals surface area (Å²) in [6.07, 6.45) is 14.7. The predicted octanol–water partition coefficient (Wildman–Crippen LogP) is 4.50. The van der Waals surface area contributed by atoms with Crippen LogP contribution in [0.5, 0.6) is 0 Å². The van der Waals surface area contributed by atoms with E-state index in [0.29, 0.717) is 18.7 Å². The maximum atomic E-state index is 12.6. The van der Waals surface area contributed by atoms with E-state index in [9.17, 15) is 15.0 Å². The first-order valence-electron chi connectivity index (χ1n) is 13.0. The molecule has 0 radical (unpaired) electrons. The fraction of sp³-hybridized carbons (Fsp3) is 0.586. The Morgan fingerprint density at radius 1 is 1.28 bits per heavy atom. The van der Waals surface area contributed by atoms with E-state index in [0.717, 1.165) is 36.9 Å². The van der Waals surface area contributed by atoms with Gasteiger partial charge in [0, 0.05) is 16.2 Å². The molecular formula is C29H39N3O3S. The van der Waals surface area contributed by atoms with Gasteiger partial charge in [0.1, 0.15) is 11.4 Å². The minimum absolute atomic E-state index is 0.146. The van der Waals surface area contributed by atoms with Gasteiger partial charge in [-0.25, -0.2) is 4.68 Å². The van der Waals surface area contributed by atoms with E-state index >= 15 is 0 Å². The molecule has 0 saturated heterocycles. The summed E-state index contributed by atoms with van der Waals surface area (Å²) in [5, 5.41) is 27.6. The molecule has 0 bridgehead atoms. The van der Waals surface area contributed by atoms with Crippen LogP contribution in [-0.4, -0.2) is 36.8 Å². The van der Waals surface area contributed by atoms with E-state index in [1.165, 1.54) is 5.57 Å². The lowest BCUT2D eigenvalue weighted by atomic mass is 9.35. The van der Waals surface area contributed by atoms with Crippen LogP contribution in [0.3, 0.4) is 0 Å². The van der Waals surface area contributed by atoms with Gasteiger partial charge in [0.25, 0.3) is 0 Å². The van der Waals surface area contributed by atoms with Crippen molar-refractivity contribution in [1.82, 2.24) is 9.78 Å². The molecule has 194 valence electrons. The Morgan fingerprint density at radius 3 is 2.67 bits per heavy atom. The summed E-state index contributed by atoms with van der Waals surface area (Å²) in [4.78, 5) is 12.6. The quantitative estimate of drug-likeness (QED) is 0.354. The molecule has 1 heterocycles. The number of aromatic nitrogens is 2. The maximum absolute atomic E-state index is 12.6. The molecule has 1 aromatic heterocycles. The van der Waals surface area contributed by atoms with E-state index in [1.54, 1.807) is 10.8 Å². The Morgan fingerprint density at radius 2 is 2.00 bits per heavy atom. The zero-order chi connectivity index (χ0) is 26.3. The molecule has 4 aliphatic rings. The number of aliphatic hydroxyl groups excluding tert-OH is 1. The standard InChI is InChI=1S/C29H39N3O3S/c1-6-7-8-9-23(30)32-20-14-19-10-11-21-25(2)12-13-29(35,24(34)36)27(25,4)16-22(33)28(21,5)26(19,3)15-18(20)17-31-32/h6-9,14,17,21-22,33,35H,1,10-13,15-16,30H2,2-5H3,(H,34,36)/b8-7-,23-9+/t21?,22?,25-,26?,27?,28+,29?/m0/s1. The van der Waals surface area contributed by atoms with Crippen LogP contribution in [0.25, 0.3) is 11.9 Å². The van der Waals surface area contributed by atoms with Crippen LogP contribution in [-0.2, 0) is 11.2 Å². The first-order valence-corrected chi connectivity index (χ1v) is 13.4. The fourth-order valence-electron chi connectivity index (χ4n) is 8.83. The van der Waals surface area contributed by atoms with E-state index in [4.69, 9.17) is 5.73 Å². The largest absolute Gasteiger partial charge is 0.392 e. The Bertz CT molecular complexity index is 1230. The first-order chi connectivity index (χ1) is 16.8. The maximum Gasteiger partial charge on any atom is 0.218 e. The van der Waals surface area contributed by atoms with Crippen molar-refractivity contribution in [2.45, 2.75) is 77.9 Å². The highest BCUT2D eigenvalue weighted by molar-refractivity contribution is 7.96. The third-order valence-corrected chi connectivity index (χ3v) is 11.8. The molecule has 4 N–H and O–H groups in total. The number of fused-ring (bicyclic) bond motifs is 6. The van der Waals surface area contributed by atoms with Gasteiger partial charge in [0.2, 0.25) is 5.12 Å². The lowest BCUT2D eigenvalue weighted by molar-refractivity contribution is -0.240. The van der Waals surface area contributed by atoms with Gasteiger partial charge in [0.15, 0.2) is 0 Å². The second-order valence-electron chi connectivity index (χ2n) is 12.4. The molecule has 36 heavy (non-hydrogen) atoms. The molecule has 0 amide bonds. The number of nitrogens with two attached hydrogens (primary N) is 1. The molecule has 6 nitrogen and oxygen atoms in total. The van der Waals surface area contributed by atoms with Crippen LogP contribution >= 0.6 is 12.6 Å². The SMILES string of the molecule is C=C/C=C\C=C(/N)n1ncc2c1C=C1CCC3[C@](C)(C(O)CC4(C)C(O)(C(=O)S)CC[C@@]34C)C1(C)C2. The van der Waals surface area contributed by atoms with Gasteiger partial charge < -0.3 is 15.9 Å². The number of thiol groups is 1. The predicted molar refractivity (Wildman–Crippen MR) is 146 cm³/mol. The van der Waals surface area contributed by atoms with Gasteiger partial charge in [-0.05, 0) is 67.6 Å². The van der Waals surface area contributed by atoms with Crippen molar-refractivity contribution >= 4 is 29.6 Å². The van der Waals surface area contributed by atoms with Gasteiger partial charge in [-0.1, -0.05) is 58.1 Å². The Balaban J connectivity index is 1.59. The Hall–Kier alpha value is -2.09. The molecular weight excluding hydrogens is 470 g/mol. The van der Waals surface area contributed by atoms with Crippen LogP contribution in [0.1, 0.15) is 71.1 Å². The summed E-state index contributed by atoms with van der Waals surface area (Å²) in [5.74, 6) is 0.686. The van der Waals surface area contributed by atoms with Crippen molar-refractivity contribution in [3.63, 3.8) is 0 Å². The van der Waals surface area contributed by atoms with Crippen LogP contribution in [0.15, 0.2) is 42.7 Å². The van der Waals surface area contributed by atoms with E-state index in [2.05, 4.69) is 51.2 Å². The second kappa shape index (κ2) is 7.95. The average Bonchev–Trinajstić information content (AvgIpc) is 3.31. The van der Waals surface area contributed by atoms with Crippen LogP contribution in [0, 0.1) is 27.6 Å². The number of allylic oxidation sites excluding steroid dienone is 5. The number of hydrogen-bond acceptors (Lipinski definition) is 5. The number of hydrogen-bond donors (Lipinski definition) is 4. The monoisotopic (exact) mass is 509 g/mol. The van der Waals surface area contributed by atoms with Gasteiger partial charge in [0.05, 0.1) is 18.0 Å². The molecule has 4 aliphatic carbocycles. The third kappa shape index (κ3) is 2.88. The normalized spacial score (nSPS) is 43.9. The summed E-state index contributed by atoms with van der Waals surface area (Å²) in [6, 6.07) is 0. The van der Waals surface area contributed by atoms with Gasteiger partial charge >= 0.3 is 0 Å². The van der Waals surface area contributed by atoms with Gasteiger partial charge in [-0.3, -0.25) is 4.79 Å². The molecule has 3 fully saturated rings. The number of rotatable bonds is 4. The molecule has 0 aliphatic heterocycles. The molecule has 7 heteroatoms. The number of aliphatic hydroxyl groups is 2. The number of nitrogens with zero attached hydrogens (tertiary/aromatic N) is 2. The van der Waals surface area contributed by atoms with Crippen LogP contribution in [0.2, 0.25) is 0 Å². The van der Waals surface area contributed by atoms with Crippen molar-refractivity contribution < 1.29 is 15.0 Å². The Kier molecular flexibility index (Phi) is 5.65. The second-order valence-corrected chi connectivity index (χ2v) is 12.8. The Labute approximate surface area is 219 Å². The number of carbonyl (C=O) groups is 1. The minimum Gasteiger partial charge on any atom is -0.392 e. The molecule has 1 aromatic rings. The topological polar surface area (TPSA) is 101 Å². The average molecular weight is 510 g/mol. The molecule has 0 spiro atoms. The van der Waals surface area contributed by atoms with Crippen LogP contribution in [0.4, 0.5) is 0 Å². The third-order valence-electron chi connectivity index (χ3n) is 11.4. The van der Waals surface area contributed by atoms with Crippen molar-refractivity contribution in [3.8, 4) is 0 Å². The van der Waals surface area contributed by atoms with E-state index < -0.39 is 27.7 Å². The summed E-state index contributed by atoms with van der Waals surface area (Å²) >= 11 is 4.11. The lowest BCUT2D eigenvalue weighted by Crippen LogP contribution is -2.69. The van der Waals surface area contributed by atoms with Gasteiger partial charge in [-0.15, -0.1) is 12.6 Å². The highest BCUT2D eigenvalue weighted by Crippen LogP contribution is 2.77. The first kappa shape index (κ1) is 25.6. The van der Waals surface area contributed by atoms with Gasteiger partial charge in [-0.2, -0.15) is 5.10 Å².